The molecule has 29 heavy (non-hydrogen) atoms. The fourth-order valence-electron chi connectivity index (χ4n) is 3.34. The van der Waals surface area contributed by atoms with Crippen LogP contribution in [0, 0.1) is 17.7 Å². The van der Waals surface area contributed by atoms with Gasteiger partial charge in [0, 0.05) is 18.1 Å². The Hall–Kier alpha value is -2.60. The lowest BCUT2D eigenvalue weighted by Gasteiger charge is -2.15. The van der Waals surface area contributed by atoms with Gasteiger partial charge in [0.25, 0.3) is 0 Å². The fraction of sp³-hybridized carbons (Fsp3) is 0.435. The maximum absolute atomic E-state index is 14.4. The monoisotopic (exact) mass is 402 g/mol. The molecule has 1 N–H and O–H groups in total. The summed E-state index contributed by atoms with van der Waals surface area (Å²) in [5, 5.41) is 9.43. The van der Waals surface area contributed by atoms with Crippen LogP contribution in [0.15, 0.2) is 36.4 Å². The van der Waals surface area contributed by atoms with Crippen LogP contribution in [0.1, 0.15) is 25.8 Å². The second-order valence-electron chi connectivity index (χ2n) is 7.54. The SMILES string of the molecule is COC(=O)C1CC1COc1ccc(-c2cc(OC(C)C)ccc2F)cc1CCO. The van der Waals surface area contributed by atoms with E-state index >= 15 is 0 Å². The zero-order valence-corrected chi connectivity index (χ0v) is 17.0. The number of ether oxygens (including phenoxy) is 3. The van der Waals surface area contributed by atoms with E-state index in [9.17, 15) is 14.3 Å². The van der Waals surface area contributed by atoms with E-state index in [4.69, 9.17) is 14.2 Å². The molecule has 3 rings (SSSR count). The molecule has 0 radical (unpaired) electrons. The van der Waals surface area contributed by atoms with Crippen LogP contribution in [0.25, 0.3) is 11.1 Å². The summed E-state index contributed by atoms with van der Waals surface area (Å²) in [5.41, 5.74) is 1.91. The topological polar surface area (TPSA) is 65.0 Å². The summed E-state index contributed by atoms with van der Waals surface area (Å²) in [6, 6.07) is 10.1. The molecule has 6 heteroatoms. The van der Waals surface area contributed by atoms with E-state index in [1.165, 1.54) is 13.2 Å². The molecule has 0 aromatic heterocycles. The summed E-state index contributed by atoms with van der Waals surface area (Å²) in [5.74, 6) is 0.730. The summed E-state index contributed by atoms with van der Waals surface area (Å²) >= 11 is 0. The Morgan fingerprint density at radius 3 is 2.72 bits per heavy atom. The van der Waals surface area contributed by atoms with Gasteiger partial charge in [0.1, 0.15) is 17.3 Å². The number of aliphatic hydroxyl groups excluding tert-OH is 1. The Morgan fingerprint density at radius 1 is 1.24 bits per heavy atom. The molecule has 0 aliphatic heterocycles. The number of methoxy groups -OCH3 is 1. The van der Waals surface area contributed by atoms with Gasteiger partial charge in [-0.15, -0.1) is 0 Å². The third kappa shape index (κ3) is 5.26. The van der Waals surface area contributed by atoms with Crippen molar-refractivity contribution in [2.75, 3.05) is 20.3 Å². The van der Waals surface area contributed by atoms with Crippen LogP contribution in [0.2, 0.25) is 0 Å². The standard InChI is InChI=1S/C23H27FO5/c1-14(2)29-18-5-6-21(24)19(12-18)15-4-7-22(16(10-15)8-9-25)28-13-17-11-20(17)23(26)27-3/h4-7,10,12,14,17,20,25H,8-9,11,13H2,1-3H3. The van der Waals surface area contributed by atoms with Gasteiger partial charge < -0.3 is 19.3 Å². The fourth-order valence-corrected chi connectivity index (χ4v) is 3.34. The zero-order valence-electron chi connectivity index (χ0n) is 17.0. The number of benzene rings is 2. The lowest BCUT2D eigenvalue weighted by atomic mass is 10.00. The molecule has 1 saturated carbocycles. The Kier molecular flexibility index (Phi) is 6.75. The Morgan fingerprint density at radius 2 is 2.03 bits per heavy atom. The van der Waals surface area contributed by atoms with E-state index in [-0.39, 0.29) is 36.3 Å². The van der Waals surface area contributed by atoms with Gasteiger partial charge >= 0.3 is 5.97 Å². The normalized spacial score (nSPS) is 17.9. The highest BCUT2D eigenvalue weighted by atomic mass is 19.1. The number of hydrogen-bond acceptors (Lipinski definition) is 5. The first-order valence-electron chi connectivity index (χ1n) is 9.84. The van der Waals surface area contributed by atoms with Crippen LogP contribution in [-0.4, -0.2) is 37.5 Å². The van der Waals surface area contributed by atoms with Crippen LogP contribution in [-0.2, 0) is 16.0 Å². The number of hydrogen-bond donors (Lipinski definition) is 1. The highest BCUT2D eigenvalue weighted by Crippen LogP contribution is 2.40. The number of carbonyl (C=O) groups is 1. The van der Waals surface area contributed by atoms with Gasteiger partial charge in [-0.05, 0) is 68.1 Å². The molecule has 0 amide bonds. The zero-order chi connectivity index (χ0) is 21.0. The van der Waals surface area contributed by atoms with Crippen molar-refractivity contribution in [1.29, 1.82) is 0 Å². The number of rotatable bonds is 9. The minimum Gasteiger partial charge on any atom is -0.493 e. The van der Waals surface area contributed by atoms with Crippen molar-refractivity contribution in [2.45, 2.75) is 32.8 Å². The van der Waals surface area contributed by atoms with Crippen molar-refractivity contribution >= 4 is 5.97 Å². The molecule has 0 spiro atoms. The third-order valence-corrected chi connectivity index (χ3v) is 4.94. The maximum Gasteiger partial charge on any atom is 0.309 e. The molecule has 0 heterocycles. The van der Waals surface area contributed by atoms with E-state index < -0.39 is 0 Å². The highest BCUT2D eigenvalue weighted by Gasteiger charge is 2.44. The van der Waals surface area contributed by atoms with Gasteiger partial charge in [-0.1, -0.05) is 6.07 Å². The molecule has 0 bridgehead atoms. The van der Waals surface area contributed by atoms with Crippen molar-refractivity contribution < 1.29 is 28.5 Å². The smallest absolute Gasteiger partial charge is 0.309 e. The van der Waals surface area contributed by atoms with E-state index in [0.29, 0.717) is 35.7 Å². The van der Waals surface area contributed by atoms with E-state index in [0.717, 1.165) is 12.0 Å². The van der Waals surface area contributed by atoms with Crippen LogP contribution in [0.5, 0.6) is 11.5 Å². The number of esters is 1. The lowest BCUT2D eigenvalue weighted by Crippen LogP contribution is -2.09. The average molecular weight is 402 g/mol. The van der Waals surface area contributed by atoms with Crippen molar-refractivity contribution in [1.82, 2.24) is 0 Å². The van der Waals surface area contributed by atoms with Crippen LogP contribution in [0.3, 0.4) is 0 Å². The Labute approximate surface area is 170 Å². The molecule has 1 fully saturated rings. The highest BCUT2D eigenvalue weighted by molar-refractivity contribution is 5.75. The van der Waals surface area contributed by atoms with E-state index in [2.05, 4.69) is 0 Å². The average Bonchev–Trinajstić information content (AvgIpc) is 3.47. The predicted octanol–water partition coefficient (Wildman–Crippen LogP) is 4.00. The number of aliphatic hydroxyl groups is 1. The lowest BCUT2D eigenvalue weighted by molar-refractivity contribution is -0.142. The van der Waals surface area contributed by atoms with Crippen molar-refractivity contribution in [2.24, 2.45) is 11.8 Å². The molecule has 1 aliphatic rings. The van der Waals surface area contributed by atoms with Crippen molar-refractivity contribution in [3.8, 4) is 22.6 Å². The van der Waals surface area contributed by atoms with Gasteiger partial charge in [-0.2, -0.15) is 0 Å². The van der Waals surface area contributed by atoms with Crippen LogP contribution >= 0.6 is 0 Å². The minimum atomic E-state index is -0.344. The molecule has 2 unspecified atom stereocenters. The molecule has 2 atom stereocenters. The number of halogens is 1. The second kappa shape index (κ2) is 9.27. The predicted molar refractivity (Wildman–Crippen MR) is 107 cm³/mol. The first kappa shape index (κ1) is 21.1. The third-order valence-electron chi connectivity index (χ3n) is 4.94. The first-order chi connectivity index (χ1) is 13.9. The van der Waals surface area contributed by atoms with Gasteiger partial charge in [0.2, 0.25) is 0 Å². The minimum absolute atomic E-state index is 0.00900. The van der Waals surface area contributed by atoms with E-state index in [1.807, 2.05) is 19.9 Å². The first-order valence-corrected chi connectivity index (χ1v) is 9.84. The molecular formula is C23H27FO5. The van der Waals surface area contributed by atoms with Gasteiger partial charge in [0.15, 0.2) is 0 Å². The molecule has 2 aromatic rings. The van der Waals surface area contributed by atoms with E-state index in [1.54, 1.807) is 24.3 Å². The molecule has 5 nitrogen and oxygen atoms in total. The molecule has 2 aromatic carbocycles. The molecule has 1 aliphatic carbocycles. The summed E-state index contributed by atoms with van der Waals surface area (Å²) in [4.78, 5) is 11.5. The second-order valence-corrected chi connectivity index (χ2v) is 7.54. The van der Waals surface area contributed by atoms with Crippen LogP contribution in [0.4, 0.5) is 4.39 Å². The molecular weight excluding hydrogens is 375 g/mol. The van der Waals surface area contributed by atoms with Gasteiger partial charge in [-0.25, -0.2) is 4.39 Å². The number of carbonyl (C=O) groups excluding carboxylic acids is 1. The molecule has 0 saturated heterocycles. The summed E-state index contributed by atoms with van der Waals surface area (Å²) in [7, 11) is 1.39. The Balaban J connectivity index is 1.78. The largest absolute Gasteiger partial charge is 0.493 e. The summed E-state index contributed by atoms with van der Waals surface area (Å²) in [6.07, 6.45) is 1.14. The summed E-state index contributed by atoms with van der Waals surface area (Å²) in [6.45, 7) is 4.19. The van der Waals surface area contributed by atoms with Gasteiger partial charge in [0.05, 0.1) is 25.7 Å². The Bertz CT molecular complexity index is 864. The quantitative estimate of drug-likeness (QED) is 0.642. The van der Waals surface area contributed by atoms with Crippen LogP contribution < -0.4 is 9.47 Å². The summed E-state index contributed by atoms with van der Waals surface area (Å²) < 4.78 is 30.8. The van der Waals surface area contributed by atoms with Crippen molar-refractivity contribution in [3.05, 3.63) is 47.8 Å². The molecule has 156 valence electrons. The van der Waals surface area contributed by atoms with Gasteiger partial charge in [-0.3, -0.25) is 4.79 Å². The maximum atomic E-state index is 14.4. The van der Waals surface area contributed by atoms with Crippen molar-refractivity contribution in [3.63, 3.8) is 0 Å².